The van der Waals surface area contributed by atoms with Crippen LogP contribution in [0.25, 0.3) is 11.5 Å². The Morgan fingerprint density at radius 3 is 2.50 bits per heavy atom. The maximum Gasteiger partial charge on any atom is 0.226 e. The number of hydrogen-bond donors (Lipinski definition) is 0. The zero-order valence-electron chi connectivity index (χ0n) is 11.2. The van der Waals surface area contributed by atoms with Crippen molar-refractivity contribution in [1.82, 2.24) is 4.98 Å². The first-order chi connectivity index (χ1) is 9.81. The molecule has 0 fully saturated rings. The van der Waals surface area contributed by atoms with E-state index in [2.05, 4.69) is 4.98 Å². The Balaban J connectivity index is 1.67. The Hall–Kier alpha value is -2.55. The molecule has 0 N–H and O–H groups in total. The van der Waals surface area contributed by atoms with Crippen molar-refractivity contribution < 1.29 is 9.15 Å². The van der Waals surface area contributed by atoms with Crippen LogP contribution in [-0.4, -0.2) is 4.98 Å². The van der Waals surface area contributed by atoms with Gasteiger partial charge >= 0.3 is 0 Å². The fourth-order valence-corrected chi connectivity index (χ4v) is 1.88. The number of oxazole rings is 1. The topological polar surface area (TPSA) is 35.3 Å². The average Bonchev–Trinajstić information content (AvgIpc) is 2.97. The smallest absolute Gasteiger partial charge is 0.226 e. The molecule has 0 spiro atoms. The maximum atomic E-state index is 5.67. The third-order valence-electron chi connectivity index (χ3n) is 2.98. The van der Waals surface area contributed by atoms with Crippen molar-refractivity contribution in [2.45, 2.75) is 13.5 Å². The van der Waals surface area contributed by atoms with Gasteiger partial charge in [0.2, 0.25) is 5.89 Å². The van der Waals surface area contributed by atoms with E-state index in [-0.39, 0.29) is 0 Å². The largest absolute Gasteiger partial charge is 0.487 e. The highest BCUT2D eigenvalue weighted by molar-refractivity contribution is 5.52. The van der Waals surface area contributed by atoms with Gasteiger partial charge in [0.05, 0.1) is 0 Å². The van der Waals surface area contributed by atoms with Gasteiger partial charge < -0.3 is 9.15 Å². The number of ether oxygens (including phenoxy) is 1. The molecule has 0 radical (unpaired) electrons. The van der Waals surface area contributed by atoms with Gasteiger partial charge in [-0.3, -0.25) is 0 Å². The van der Waals surface area contributed by atoms with Crippen molar-refractivity contribution in [3.8, 4) is 17.2 Å². The van der Waals surface area contributed by atoms with Crippen LogP contribution in [0, 0.1) is 6.92 Å². The molecule has 3 rings (SSSR count). The van der Waals surface area contributed by atoms with Crippen LogP contribution in [0.2, 0.25) is 0 Å². The summed E-state index contributed by atoms with van der Waals surface area (Å²) in [5.74, 6) is 1.45. The standard InChI is InChI=1S/C17H15NO2/c1-13-7-9-16(10-8-13)19-11-15-12-20-17(18-15)14-5-3-2-4-6-14/h2-10,12H,11H2,1H3. The fraction of sp³-hybridized carbons (Fsp3) is 0.118. The summed E-state index contributed by atoms with van der Waals surface area (Å²) in [5.41, 5.74) is 2.96. The molecule has 0 unspecified atom stereocenters. The molecule has 0 atom stereocenters. The molecular weight excluding hydrogens is 250 g/mol. The maximum absolute atomic E-state index is 5.67. The molecule has 0 aliphatic heterocycles. The summed E-state index contributed by atoms with van der Waals surface area (Å²) in [6.07, 6.45) is 1.64. The van der Waals surface area contributed by atoms with Gasteiger partial charge in [0, 0.05) is 5.56 Å². The van der Waals surface area contributed by atoms with Crippen molar-refractivity contribution in [3.63, 3.8) is 0 Å². The van der Waals surface area contributed by atoms with Crippen molar-refractivity contribution in [2.24, 2.45) is 0 Å². The highest BCUT2D eigenvalue weighted by Crippen LogP contribution is 2.19. The zero-order chi connectivity index (χ0) is 13.8. The lowest BCUT2D eigenvalue weighted by Gasteiger charge is -2.03. The number of hydrogen-bond acceptors (Lipinski definition) is 3. The second-order valence-electron chi connectivity index (χ2n) is 4.61. The Kier molecular flexibility index (Phi) is 3.50. The highest BCUT2D eigenvalue weighted by Gasteiger charge is 2.06. The predicted octanol–water partition coefficient (Wildman–Crippen LogP) is 4.23. The van der Waals surface area contributed by atoms with Crippen LogP contribution in [-0.2, 0) is 6.61 Å². The van der Waals surface area contributed by atoms with Crippen LogP contribution in [0.1, 0.15) is 11.3 Å². The molecule has 0 aliphatic rings. The summed E-state index contributed by atoms with van der Waals surface area (Å²) < 4.78 is 11.1. The van der Waals surface area contributed by atoms with Crippen LogP contribution in [0.5, 0.6) is 5.75 Å². The van der Waals surface area contributed by atoms with E-state index in [1.54, 1.807) is 6.26 Å². The molecule has 3 heteroatoms. The van der Waals surface area contributed by atoms with Crippen LogP contribution in [0.4, 0.5) is 0 Å². The Morgan fingerprint density at radius 1 is 1.00 bits per heavy atom. The van der Waals surface area contributed by atoms with E-state index in [4.69, 9.17) is 9.15 Å². The monoisotopic (exact) mass is 265 g/mol. The van der Waals surface area contributed by atoms with Crippen molar-refractivity contribution >= 4 is 0 Å². The van der Waals surface area contributed by atoms with E-state index in [0.29, 0.717) is 12.5 Å². The zero-order valence-corrected chi connectivity index (χ0v) is 11.2. The van der Waals surface area contributed by atoms with Gasteiger partial charge in [-0.1, -0.05) is 35.9 Å². The molecule has 0 saturated heterocycles. The second kappa shape index (κ2) is 5.61. The number of aryl methyl sites for hydroxylation is 1. The quantitative estimate of drug-likeness (QED) is 0.708. The Labute approximate surface area is 117 Å². The van der Waals surface area contributed by atoms with Crippen LogP contribution in [0.15, 0.2) is 65.3 Å². The van der Waals surface area contributed by atoms with Gasteiger partial charge in [0.1, 0.15) is 24.3 Å². The first kappa shape index (κ1) is 12.5. The van der Waals surface area contributed by atoms with Crippen molar-refractivity contribution in [3.05, 3.63) is 72.1 Å². The van der Waals surface area contributed by atoms with Crippen molar-refractivity contribution in [2.75, 3.05) is 0 Å². The summed E-state index contributed by atoms with van der Waals surface area (Å²) >= 11 is 0. The summed E-state index contributed by atoms with van der Waals surface area (Å²) in [6.45, 7) is 2.45. The lowest BCUT2D eigenvalue weighted by Crippen LogP contribution is -1.95. The van der Waals surface area contributed by atoms with Gasteiger partial charge in [-0.25, -0.2) is 4.98 Å². The number of benzene rings is 2. The minimum atomic E-state index is 0.402. The average molecular weight is 265 g/mol. The SMILES string of the molecule is Cc1ccc(OCc2coc(-c3ccccc3)n2)cc1. The van der Waals surface area contributed by atoms with Crippen LogP contribution < -0.4 is 4.74 Å². The van der Waals surface area contributed by atoms with Crippen LogP contribution in [0.3, 0.4) is 0 Å². The molecule has 1 aromatic heterocycles. The number of aromatic nitrogens is 1. The number of rotatable bonds is 4. The van der Waals surface area contributed by atoms with E-state index >= 15 is 0 Å². The predicted molar refractivity (Wildman–Crippen MR) is 77.5 cm³/mol. The molecule has 0 aliphatic carbocycles. The van der Waals surface area contributed by atoms with Gasteiger partial charge in [0.25, 0.3) is 0 Å². The van der Waals surface area contributed by atoms with Gasteiger partial charge in [-0.15, -0.1) is 0 Å². The molecule has 3 nitrogen and oxygen atoms in total. The Morgan fingerprint density at radius 2 is 1.75 bits per heavy atom. The molecule has 20 heavy (non-hydrogen) atoms. The van der Waals surface area contributed by atoms with E-state index < -0.39 is 0 Å². The van der Waals surface area contributed by atoms with Crippen LogP contribution >= 0.6 is 0 Å². The summed E-state index contributed by atoms with van der Waals surface area (Å²) in [4.78, 5) is 4.42. The summed E-state index contributed by atoms with van der Waals surface area (Å²) in [7, 11) is 0. The summed E-state index contributed by atoms with van der Waals surface area (Å²) in [5, 5.41) is 0. The third-order valence-corrected chi connectivity index (χ3v) is 2.98. The number of nitrogens with zero attached hydrogens (tertiary/aromatic N) is 1. The van der Waals surface area contributed by atoms with Crippen molar-refractivity contribution in [1.29, 1.82) is 0 Å². The highest BCUT2D eigenvalue weighted by atomic mass is 16.5. The lowest BCUT2D eigenvalue weighted by atomic mass is 10.2. The van der Waals surface area contributed by atoms with E-state index in [1.165, 1.54) is 5.56 Å². The van der Waals surface area contributed by atoms with Gasteiger partial charge in [0.15, 0.2) is 0 Å². The van der Waals surface area contributed by atoms with Gasteiger partial charge in [-0.2, -0.15) is 0 Å². The lowest BCUT2D eigenvalue weighted by molar-refractivity contribution is 0.301. The molecule has 2 aromatic carbocycles. The molecule has 1 heterocycles. The first-order valence-electron chi connectivity index (χ1n) is 6.50. The van der Waals surface area contributed by atoms with Gasteiger partial charge in [-0.05, 0) is 31.2 Å². The van der Waals surface area contributed by atoms with E-state index in [1.807, 2.05) is 61.5 Å². The molecule has 0 amide bonds. The minimum absolute atomic E-state index is 0.402. The molecule has 0 bridgehead atoms. The fourth-order valence-electron chi connectivity index (χ4n) is 1.88. The first-order valence-corrected chi connectivity index (χ1v) is 6.50. The normalized spacial score (nSPS) is 10.4. The third kappa shape index (κ3) is 2.88. The minimum Gasteiger partial charge on any atom is -0.487 e. The molecule has 0 saturated carbocycles. The summed E-state index contributed by atoms with van der Waals surface area (Å²) in [6, 6.07) is 17.8. The van der Waals surface area contributed by atoms with E-state index in [0.717, 1.165) is 17.0 Å². The second-order valence-corrected chi connectivity index (χ2v) is 4.61. The Bertz CT molecular complexity index is 672. The molecule has 100 valence electrons. The molecular formula is C17H15NO2. The van der Waals surface area contributed by atoms with E-state index in [9.17, 15) is 0 Å². The molecule has 3 aromatic rings.